The van der Waals surface area contributed by atoms with Crippen molar-refractivity contribution in [2.45, 2.75) is 51.5 Å². The summed E-state index contributed by atoms with van der Waals surface area (Å²) in [6, 6.07) is 9.02. The second-order valence-electron chi connectivity index (χ2n) is 6.86. The zero-order valence-electron chi connectivity index (χ0n) is 15.1. The van der Waals surface area contributed by atoms with Crippen molar-refractivity contribution in [2.24, 2.45) is 16.8 Å². The molecular formula is C18H25N3O5. The molecule has 0 spiro atoms. The molecule has 1 aliphatic rings. The third-order valence-corrected chi connectivity index (χ3v) is 4.30. The van der Waals surface area contributed by atoms with Gasteiger partial charge in [0.15, 0.2) is 5.66 Å². The quantitative estimate of drug-likeness (QED) is 0.450. The Morgan fingerprint density at radius 2 is 2.04 bits per heavy atom. The lowest BCUT2D eigenvalue weighted by Crippen LogP contribution is -2.64. The normalized spacial score (nSPS) is 19.8. The SMILES string of the molecule is CC(C)C[C@](N)(C(=O)OC(=O)OCc1ccccc1)N1CCC[C@H]1N=O. The Kier molecular flexibility index (Phi) is 6.82. The van der Waals surface area contributed by atoms with E-state index in [-0.39, 0.29) is 18.9 Å². The summed E-state index contributed by atoms with van der Waals surface area (Å²) in [4.78, 5) is 37.1. The Balaban J connectivity index is 2.03. The minimum atomic E-state index is -1.60. The number of nitroso groups, excluding NO2 is 1. The maximum Gasteiger partial charge on any atom is 0.516 e. The Morgan fingerprint density at radius 1 is 1.35 bits per heavy atom. The molecule has 8 nitrogen and oxygen atoms in total. The lowest BCUT2D eigenvalue weighted by Gasteiger charge is -2.38. The summed E-state index contributed by atoms with van der Waals surface area (Å²) in [6.07, 6.45) is -0.381. The highest BCUT2D eigenvalue weighted by Gasteiger charge is 2.48. The van der Waals surface area contributed by atoms with Crippen LogP contribution in [-0.4, -0.2) is 35.4 Å². The van der Waals surface area contributed by atoms with Gasteiger partial charge < -0.3 is 15.2 Å². The fraction of sp³-hybridized carbons (Fsp3) is 0.556. The molecule has 1 aliphatic heterocycles. The van der Waals surface area contributed by atoms with Crippen LogP contribution in [-0.2, 0) is 20.9 Å². The van der Waals surface area contributed by atoms with Gasteiger partial charge >= 0.3 is 12.1 Å². The maximum absolute atomic E-state index is 12.6. The molecule has 1 fully saturated rings. The molecule has 1 aromatic carbocycles. The molecule has 2 atom stereocenters. The zero-order chi connectivity index (χ0) is 19.2. The van der Waals surface area contributed by atoms with Crippen molar-refractivity contribution in [1.82, 2.24) is 4.90 Å². The molecular weight excluding hydrogens is 338 g/mol. The number of esters is 1. The standard InChI is InChI=1S/C18H25N3O5/c1-13(2)11-18(19,21-10-6-9-15(21)20-24)16(22)26-17(23)25-12-14-7-4-3-5-8-14/h3-5,7-8,13,15H,6,9-12,19H2,1-2H3/t15-,18+/m0/s1. The van der Waals surface area contributed by atoms with Crippen LogP contribution in [0.5, 0.6) is 0 Å². The Bertz CT molecular complexity index is 637. The average Bonchev–Trinajstić information content (AvgIpc) is 3.09. The van der Waals surface area contributed by atoms with Gasteiger partial charge in [-0.2, -0.15) is 0 Å². The van der Waals surface area contributed by atoms with Crippen LogP contribution < -0.4 is 5.73 Å². The first kappa shape index (κ1) is 20.0. The Labute approximate surface area is 152 Å². The molecule has 2 rings (SSSR count). The second-order valence-corrected chi connectivity index (χ2v) is 6.86. The van der Waals surface area contributed by atoms with E-state index in [1.807, 2.05) is 32.0 Å². The number of nitrogens with two attached hydrogens (primary N) is 1. The molecule has 0 aromatic heterocycles. The molecule has 0 radical (unpaired) electrons. The number of likely N-dealkylation sites (tertiary alicyclic amines) is 1. The Hall–Kier alpha value is -2.32. The predicted molar refractivity (Wildman–Crippen MR) is 94.6 cm³/mol. The minimum Gasteiger partial charge on any atom is -0.429 e. The molecule has 1 heterocycles. The first-order chi connectivity index (χ1) is 12.4. The number of benzene rings is 1. The summed E-state index contributed by atoms with van der Waals surface area (Å²) in [5, 5.41) is 3.05. The van der Waals surface area contributed by atoms with Crippen molar-refractivity contribution in [1.29, 1.82) is 0 Å². The number of nitrogens with zero attached hydrogens (tertiary/aromatic N) is 2. The molecule has 0 amide bonds. The molecule has 1 aromatic rings. The number of carbonyl (C=O) groups is 2. The molecule has 0 saturated carbocycles. The van der Waals surface area contributed by atoms with Crippen LogP contribution in [0.15, 0.2) is 35.5 Å². The van der Waals surface area contributed by atoms with E-state index in [9.17, 15) is 14.5 Å². The number of hydrogen-bond donors (Lipinski definition) is 1. The summed E-state index contributed by atoms with van der Waals surface area (Å²) in [5.41, 5.74) is 5.48. The fourth-order valence-corrected chi connectivity index (χ4v) is 3.17. The zero-order valence-corrected chi connectivity index (χ0v) is 15.1. The van der Waals surface area contributed by atoms with Crippen LogP contribution in [0.2, 0.25) is 0 Å². The summed E-state index contributed by atoms with van der Waals surface area (Å²) in [6.45, 7) is 4.20. The maximum atomic E-state index is 12.6. The number of ether oxygens (including phenoxy) is 2. The van der Waals surface area contributed by atoms with Gasteiger partial charge in [-0.1, -0.05) is 49.4 Å². The molecule has 2 N–H and O–H groups in total. The predicted octanol–water partition coefficient (Wildman–Crippen LogP) is 2.76. The lowest BCUT2D eigenvalue weighted by atomic mass is 9.96. The summed E-state index contributed by atoms with van der Waals surface area (Å²) < 4.78 is 9.81. The first-order valence-corrected chi connectivity index (χ1v) is 8.68. The lowest BCUT2D eigenvalue weighted by molar-refractivity contribution is -0.156. The number of hydrogen-bond acceptors (Lipinski definition) is 8. The van der Waals surface area contributed by atoms with Crippen LogP contribution in [0.3, 0.4) is 0 Å². The van der Waals surface area contributed by atoms with Gasteiger partial charge in [-0.25, -0.2) is 9.59 Å². The van der Waals surface area contributed by atoms with Gasteiger partial charge in [0.1, 0.15) is 12.8 Å². The Morgan fingerprint density at radius 3 is 2.65 bits per heavy atom. The van der Waals surface area contributed by atoms with E-state index in [1.54, 1.807) is 12.1 Å². The monoisotopic (exact) mass is 363 g/mol. The van der Waals surface area contributed by atoms with Crippen molar-refractivity contribution >= 4 is 12.1 Å². The van der Waals surface area contributed by atoms with Crippen molar-refractivity contribution in [3.8, 4) is 0 Å². The third-order valence-electron chi connectivity index (χ3n) is 4.30. The fourth-order valence-electron chi connectivity index (χ4n) is 3.17. The van der Waals surface area contributed by atoms with E-state index in [0.717, 1.165) is 5.56 Å². The molecule has 8 heteroatoms. The minimum absolute atomic E-state index is 0.0169. The van der Waals surface area contributed by atoms with Crippen LogP contribution in [0.4, 0.5) is 4.79 Å². The van der Waals surface area contributed by atoms with Crippen molar-refractivity contribution in [3.63, 3.8) is 0 Å². The smallest absolute Gasteiger partial charge is 0.429 e. The van der Waals surface area contributed by atoms with Crippen LogP contribution in [0, 0.1) is 10.8 Å². The van der Waals surface area contributed by atoms with Gasteiger partial charge in [0.2, 0.25) is 0 Å². The van der Waals surface area contributed by atoms with Crippen molar-refractivity contribution in [3.05, 3.63) is 40.8 Å². The molecule has 26 heavy (non-hydrogen) atoms. The van der Waals surface area contributed by atoms with E-state index in [0.29, 0.717) is 19.4 Å². The van der Waals surface area contributed by atoms with E-state index in [2.05, 4.69) is 5.18 Å². The van der Waals surface area contributed by atoms with Crippen LogP contribution in [0.25, 0.3) is 0 Å². The third kappa shape index (κ3) is 4.86. The number of rotatable bonds is 7. The highest BCUT2D eigenvalue weighted by Crippen LogP contribution is 2.30. The number of carbonyl (C=O) groups excluding carboxylic acids is 2. The van der Waals surface area contributed by atoms with E-state index < -0.39 is 24.0 Å². The van der Waals surface area contributed by atoms with Crippen molar-refractivity contribution in [2.75, 3.05) is 6.54 Å². The molecule has 0 bridgehead atoms. The van der Waals surface area contributed by atoms with Gasteiger partial charge in [-0.05, 0) is 30.7 Å². The largest absolute Gasteiger partial charge is 0.516 e. The highest BCUT2D eigenvalue weighted by molar-refractivity contribution is 5.88. The average molecular weight is 363 g/mol. The molecule has 142 valence electrons. The first-order valence-electron chi connectivity index (χ1n) is 8.68. The summed E-state index contributed by atoms with van der Waals surface area (Å²) >= 11 is 0. The van der Waals surface area contributed by atoms with Crippen LogP contribution >= 0.6 is 0 Å². The van der Waals surface area contributed by atoms with Crippen LogP contribution in [0.1, 0.15) is 38.7 Å². The van der Waals surface area contributed by atoms with E-state index in [1.165, 1.54) is 4.90 Å². The van der Waals surface area contributed by atoms with Gasteiger partial charge in [0.05, 0.1) is 0 Å². The summed E-state index contributed by atoms with van der Waals surface area (Å²) in [7, 11) is 0. The summed E-state index contributed by atoms with van der Waals surface area (Å²) in [5.74, 6) is -0.888. The van der Waals surface area contributed by atoms with Gasteiger partial charge in [0, 0.05) is 6.54 Å². The van der Waals surface area contributed by atoms with E-state index >= 15 is 0 Å². The highest BCUT2D eigenvalue weighted by atomic mass is 16.7. The van der Waals surface area contributed by atoms with Gasteiger partial charge in [0.25, 0.3) is 0 Å². The topological polar surface area (TPSA) is 111 Å². The van der Waals surface area contributed by atoms with Gasteiger partial charge in [-0.15, -0.1) is 4.91 Å². The molecule has 0 aliphatic carbocycles. The van der Waals surface area contributed by atoms with Crippen molar-refractivity contribution < 1.29 is 19.1 Å². The molecule has 0 unspecified atom stereocenters. The van der Waals surface area contributed by atoms with Gasteiger partial charge in [-0.3, -0.25) is 4.90 Å². The second kappa shape index (κ2) is 8.86. The molecule has 1 saturated heterocycles. The van der Waals surface area contributed by atoms with E-state index in [4.69, 9.17) is 15.2 Å².